The van der Waals surface area contributed by atoms with E-state index >= 15 is 0 Å². The zero-order valence-corrected chi connectivity index (χ0v) is 17.0. The van der Waals surface area contributed by atoms with E-state index in [4.69, 9.17) is 4.74 Å². The smallest absolute Gasteiger partial charge is 0.409 e. The van der Waals surface area contributed by atoms with Crippen LogP contribution in [-0.4, -0.2) is 54.6 Å². The summed E-state index contributed by atoms with van der Waals surface area (Å²) in [6, 6.07) is 2.01. The van der Waals surface area contributed by atoms with Gasteiger partial charge in [-0.2, -0.15) is 11.3 Å². The average Bonchev–Trinajstić information content (AvgIpc) is 3.34. The standard InChI is InChI=1S/C21H30N2O3S/c1-2-3-4-14-26-20(25)23-13-10-21(17-23)8-11-22(12-9-21)19(24)6-5-18-7-15-27-16-18/h5-7,15-16H,2-4,8-14,17H2,1H3. The lowest BCUT2D eigenvalue weighted by molar-refractivity contribution is -0.128. The van der Waals surface area contributed by atoms with Crippen molar-refractivity contribution in [3.63, 3.8) is 0 Å². The van der Waals surface area contributed by atoms with Gasteiger partial charge in [0, 0.05) is 32.3 Å². The number of amides is 2. The molecule has 0 unspecified atom stereocenters. The van der Waals surface area contributed by atoms with Crippen molar-refractivity contribution >= 4 is 29.4 Å². The third kappa shape index (κ3) is 5.34. The molecule has 6 heteroatoms. The Labute approximate surface area is 166 Å². The molecule has 1 spiro atoms. The fourth-order valence-electron chi connectivity index (χ4n) is 3.95. The van der Waals surface area contributed by atoms with E-state index in [0.29, 0.717) is 6.61 Å². The minimum absolute atomic E-state index is 0.0845. The van der Waals surface area contributed by atoms with Gasteiger partial charge in [0.2, 0.25) is 5.91 Å². The zero-order valence-electron chi connectivity index (χ0n) is 16.2. The molecule has 3 heterocycles. The fraction of sp³-hybridized carbons (Fsp3) is 0.619. The maximum atomic E-state index is 12.4. The molecule has 1 aromatic rings. The van der Waals surface area contributed by atoms with Crippen LogP contribution in [0.5, 0.6) is 0 Å². The Kier molecular flexibility index (Phi) is 6.94. The van der Waals surface area contributed by atoms with Crippen LogP contribution in [0.1, 0.15) is 51.0 Å². The van der Waals surface area contributed by atoms with Crippen molar-refractivity contribution in [2.45, 2.75) is 45.4 Å². The molecule has 2 fully saturated rings. The first-order valence-corrected chi connectivity index (χ1v) is 11.0. The van der Waals surface area contributed by atoms with Crippen LogP contribution >= 0.6 is 11.3 Å². The molecule has 148 valence electrons. The van der Waals surface area contributed by atoms with Crippen molar-refractivity contribution in [1.29, 1.82) is 0 Å². The molecule has 2 aliphatic rings. The molecule has 0 atom stereocenters. The summed E-state index contributed by atoms with van der Waals surface area (Å²) < 4.78 is 5.40. The highest BCUT2D eigenvalue weighted by molar-refractivity contribution is 7.08. The van der Waals surface area contributed by atoms with Crippen molar-refractivity contribution in [3.05, 3.63) is 28.5 Å². The second kappa shape index (κ2) is 9.40. The molecule has 2 amide bonds. The van der Waals surface area contributed by atoms with Gasteiger partial charge in [0.1, 0.15) is 0 Å². The van der Waals surface area contributed by atoms with Gasteiger partial charge in [-0.1, -0.05) is 19.8 Å². The van der Waals surface area contributed by atoms with Crippen molar-refractivity contribution in [3.8, 4) is 0 Å². The summed E-state index contributed by atoms with van der Waals surface area (Å²) in [6.07, 6.45) is 9.50. The molecule has 0 aliphatic carbocycles. The molecule has 2 saturated heterocycles. The number of nitrogens with zero attached hydrogens (tertiary/aromatic N) is 2. The number of hydrogen-bond acceptors (Lipinski definition) is 4. The minimum Gasteiger partial charge on any atom is -0.449 e. The lowest BCUT2D eigenvalue weighted by atomic mass is 9.78. The highest BCUT2D eigenvalue weighted by atomic mass is 32.1. The first-order valence-electron chi connectivity index (χ1n) is 10.0. The Bertz CT molecular complexity index is 648. The van der Waals surface area contributed by atoms with Gasteiger partial charge in [-0.25, -0.2) is 4.79 Å². The first kappa shape index (κ1) is 19.9. The highest BCUT2D eigenvalue weighted by Gasteiger charge is 2.42. The molecule has 2 aliphatic heterocycles. The van der Waals surface area contributed by atoms with Crippen LogP contribution in [0.15, 0.2) is 22.9 Å². The van der Waals surface area contributed by atoms with E-state index in [1.807, 2.05) is 32.7 Å². The predicted octanol–water partition coefficient (Wildman–Crippen LogP) is 4.40. The number of unbranched alkanes of at least 4 members (excludes halogenated alkanes) is 2. The van der Waals surface area contributed by atoms with Gasteiger partial charge in [-0.05, 0) is 59.6 Å². The van der Waals surface area contributed by atoms with Gasteiger partial charge >= 0.3 is 6.09 Å². The minimum atomic E-state index is -0.166. The van der Waals surface area contributed by atoms with Crippen molar-refractivity contribution < 1.29 is 14.3 Å². The molecule has 0 aromatic carbocycles. The second-order valence-electron chi connectivity index (χ2n) is 7.71. The summed E-state index contributed by atoms with van der Waals surface area (Å²) in [4.78, 5) is 28.4. The highest BCUT2D eigenvalue weighted by Crippen LogP contribution is 2.40. The maximum Gasteiger partial charge on any atom is 0.409 e. The van der Waals surface area contributed by atoms with Gasteiger partial charge in [0.15, 0.2) is 0 Å². The third-order valence-corrected chi connectivity index (χ3v) is 6.47. The molecule has 0 N–H and O–H groups in total. The number of thiophene rings is 1. The SMILES string of the molecule is CCCCCOC(=O)N1CCC2(CCN(C(=O)C=Cc3ccsc3)CC2)C1. The number of ether oxygens (including phenoxy) is 1. The number of hydrogen-bond donors (Lipinski definition) is 0. The predicted molar refractivity (Wildman–Crippen MR) is 109 cm³/mol. The summed E-state index contributed by atoms with van der Waals surface area (Å²) in [6.45, 7) is 5.75. The van der Waals surface area contributed by atoms with Crippen molar-refractivity contribution in [2.75, 3.05) is 32.8 Å². The molecule has 0 radical (unpaired) electrons. The van der Waals surface area contributed by atoms with Gasteiger partial charge < -0.3 is 14.5 Å². The Morgan fingerprint density at radius 1 is 1.19 bits per heavy atom. The van der Waals surface area contributed by atoms with Crippen LogP contribution in [0.4, 0.5) is 4.79 Å². The normalized spacial score (nSPS) is 19.1. The number of piperidine rings is 1. The third-order valence-electron chi connectivity index (χ3n) is 5.77. The quantitative estimate of drug-likeness (QED) is 0.534. The van der Waals surface area contributed by atoms with Gasteiger partial charge in [0.05, 0.1) is 6.61 Å². The van der Waals surface area contributed by atoms with Gasteiger partial charge in [-0.3, -0.25) is 4.79 Å². The Morgan fingerprint density at radius 2 is 1.93 bits per heavy atom. The van der Waals surface area contributed by atoms with E-state index in [2.05, 4.69) is 6.92 Å². The molecule has 3 rings (SSSR count). The van der Waals surface area contributed by atoms with E-state index in [9.17, 15) is 9.59 Å². The lowest BCUT2D eigenvalue weighted by Crippen LogP contribution is -2.44. The van der Waals surface area contributed by atoms with E-state index in [1.165, 1.54) is 0 Å². The van der Waals surface area contributed by atoms with Crippen LogP contribution in [0, 0.1) is 5.41 Å². The first-order chi connectivity index (χ1) is 13.1. The van der Waals surface area contributed by atoms with Crippen LogP contribution < -0.4 is 0 Å². The molecule has 0 saturated carbocycles. The topological polar surface area (TPSA) is 49.9 Å². The molecule has 1 aromatic heterocycles. The zero-order chi connectivity index (χ0) is 19.1. The van der Waals surface area contributed by atoms with Gasteiger partial charge in [0.25, 0.3) is 0 Å². The Balaban J connectivity index is 1.43. The molecular weight excluding hydrogens is 360 g/mol. The summed E-state index contributed by atoms with van der Waals surface area (Å²) in [5, 5.41) is 4.04. The lowest BCUT2D eigenvalue weighted by Gasteiger charge is -2.38. The Hall–Kier alpha value is -1.82. The van der Waals surface area contributed by atoms with E-state index in [1.54, 1.807) is 17.4 Å². The number of carbonyl (C=O) groups is 2. The van der Waals surface area contributed by atoms with Crippen LogP contribution in [-0.2, 0) is 9.53 Å². The Morgan fingerprint density at radius 3 is 2.59 bits per heavy atom. The molecule has 27 heavy (non-hydrogen) atoms. The second-order valence-corrected chi connectivity index (χ2v) is 8.49. The number of likely N-dealkylation sites (tertiary alicyclic amines) is 2. The van der Waals surface area contributed by atoms with Crippen LogP contribution in [0.2, 0.25) is 0 Å². The van der Waals surface area contributed by atoms with Crippen molar-refractivity contribution in [2.24, 2.45) is 5.41 Å². The monoisotopic (exact) mass is 390 g/mol. The summed E-state index contributed by atoms with van der Waals surface area (Å²) in [5.41, 5.74) is 1.24. The largest absolute Gasteiger partial charge is 0.449 e. The fourth-order valence-corrected chi connectivity index (χ4v) is 4.57. The maximum absolute atomic E-state index is 12.4. The summed E-state index contributed by atoms with van der Waals surface area (Å²) in [7, 11) is 0. The van der Waals surface area contributed by atoms with Gasteiger partial charge in [-0.15, -0.1) is 0 Å². The van der Waals surface area contributed by atoms with Crippen LogP contribution in [0.3, 0.4) is 0 Å². The van der Waals surface area contributed by atoms with E-state index in [0.717, 1.165) is 70.3 Å². The average molecular weight is 391 g/mol. The molecular formula is C21H30N2O3S. The van der Waals surface area contributed by atoms with Crippen molar-refractivity contribution in [1.82, 2.24) is 9.80 Å². The number of carbonyl (C=O) groups excluding carboxylic acids is 2. The van der Waals surface area contributed by atoms with E-state index < -0.39 is 0 Å². The van der Waals surface area contributed by atoms with E-state index in [-0.39, 0.29) is 17.4 Å². The molecule has 5 nitrogen and oxygen atoms in total. The van der Waals surface area contributed by atoms with Crippen LogP contribution in [0.25, 0.3) is 6.08 Å². The molecule has 0 bridgehead atoms. The summed E-state index contributed by atoms with van der Waals surface area (Å²) >= 11 is 1.63. The number of rotatable bonds is 6. The summed E-state index contributed by atoms with van der Waals surface area (Å²) in [5.74, 6) is 0.0845.